The first kappa shape index (κ1) is 12.1. The molecule has 1 aliphatic heterocycles. The molecule has 0 radical (unpaired) electrons. The van der Waals surface area contributed by atoms with E-state index >= 15 is 0 Å². The zero-order chi connectivity index (χ0) is 10.4. The van der Waals surface area contributed by atoms with Gasteiger partial charge in [0, 0.05) is 19.1 Å². The minimum Gasteiger partial charge on any atom is -0.329 e. The third-order valence-corrected chi connectivity index (χ3v) is 3.36. The molecular weight excluding hydrogens is 200 g/mol. The van der Waals surface area contributed by atoms with Gasteiger partial charge < -0.3 is 10.3 Å². The van der Waals surface area contributed by atoms with Gasteiger partial charge in [-0.15, -0.1) is 0 Å². The summed E-state index contributed by atoms with van der Waals surface area (Å²) in [5.41, 5.74) is 5.69. The molecule has 1 heterocycles. The summed E-state index contributed by atoms with van der Waals surface area (Å²) < 4.78 is 19.3. The topological polar surface area (TPSA) is 66.6 Å². The lowest BCUT2D eigenvalue weighted by molar-refractivity contribution is 0.216. The van der Waals surface area contributed by atoms with Crippen LogP contribution < -0.4 is 5.73 Å². The Morgan fingerprint density at radius 3 is 2.86 bits per heavy atom. The van der Waals surface area contributed by atoms with Crippen molar-refractivity contribution < 1.29 is 8.76 Å². The predicted molar refractivity (Wildman–Crippen MR) is 58.5 cm³/mol. The van der Waals surface area contributed by atoms with E-state index in [1.807, 2.05) is 0 Å². The van der Waals surface area contributed by atoms with Crippen LogP contribution in [0.3, 0.4) is 0 Å². The second-order valence-electron chi connectivity index (χ2n) is 3.80. The Morgan fingerprint density at radius 1 is 1.43 bits per heavy atom. The molecule has 0 spiro atoms. The molecule has 14 heavy (non-hydrogen) atoms. The molecule has 0 aromatic carbocycles. The molecule has 3 N–H and O–H groups in total. The standard InChI is InChI=1S/C9H20N2O2S/c10-8-9-4-2-1-3-5-11(9)6-7-14(12)13/h9H,1-8,10H2,(H,12,13). The van der Waals surface area contributed by atoms with E-state index < -0.39 is 11.1 Å². The van der Waals surface area contributed by atoms with Gasteiger partial charge in [-0.2, -0.15) is 0 Å². The lowest BCUT2D eigenvalue weighted by atomic mass is 10.1. The molecule has 0 aromatic heterocycles. The van der Waals surface area contributed by atoms with Crippen LogP contribution in [0.4, 0.5) is 0 Å². The van der Waals surface area contributed by atoms with Crippen LogP contribution in [0.15, 0.2) is 0 Å². The third-order valence-electron chi connectivity index (χ3n) is 2.82. The summed E-state index contributed by atoms with van der Waals surface area (Å²) in [7, 11) is 0. The highest BCUT2D eigenvalue weighted by atomic mass is 32.2. The number of nitrogens with two attached hydrogens (primary N) is 1. The van der Waals surface area contributed by atoms with Gasteiger partial charge in [0.2, 0.25) is 0 Å². The maximum atomic E-state index is 10.6. The smallest absolute Gasteiger partial charge is 0.154 e. The minimum absolute atomic E-state index is 0.344. The normalized spacial score (nSPS) is 27.1. The Balaban J connectivity index is 2.39. The van der Waals surface area contributed by atoms with E-state index in [9.17, 15) is 4.21 Å². The van der Waals surface area contributed by atoms with E-state index in [2.05, 4.69) is 4.90 Å². The Morgan fingerprint density at radius 2 is 2.21 bits per heavy atom. The van der Waals surface area contributed by atoms with Crippen LogP contribution >= 0.6 is 0 Å². The van der Waals surface area contributed by atoms with E-state index in [0.717, 1.165) is 13.0 Å². The van der Waals surface area contributed by atoms with Gasteiger partial charge in [-0.25, -0.2) is 4.21 Å². The van der Waals surface area contributed by atoms with Gasteiger partial charge >= 0.3 is 0 Å². The van der Waals surface area contributed by atoms with Gasteiger partial charge in [-0.1, -0.05) is 12.8 Å². The molecule has 0 bridgehead atoms. The highest BCUT2D eigenvalue weighted by molar-refractivity contribution is 7.79. The second-order valence-corrected chi connectivity index (χ2v) is 4.85. The number of hydrogen-bond acceptors (Lipinski definition) is 3. The summed E-state index contributed by atoms with van der Waals surface area (Å²) in [5, 5.41) is 0. The summed E-state index contributed by atoms with van der Waals surface area (Å²) in [6, 6.07) is 0.418. The highest BCUT2D eigenvalue weighted by Crippen LogP contribution is 2.15. The van der Waals surface area contributed by atoms with Gasteiger partial charge in [0.1, 0.15) is 0 Å². The predicted octanol–water partition coefficient (Wildman–Crippen LogP) is 0.411. The lowest BCUT2D eigenvalue weighted by Gasteiger charge is -2.28. The van der Waals surface area contributed by atoms with Gasteiger partial charge in [-0.05, 0) is 19.4 Å². The summed E-state index contributed by atoms with van der Waals surface area (Å²) in [6.45, 7) is 2.39. The Labute approximate surface area is 88.1 Å². The monoisotopic (exact) mass is 220 g/mol. The van der Waals surface area contributed by atoms with E-state index in [1.165, 1.54) is 19.3 Å². The first-order chi connectivity index (χ1) is 6.74. The molecule has 0 saturated carbocycles. The second kappa shape index (κ2) is 6.50. The summed E-state index contributed by atoms with van der Waals surface area (Å²) in [4.78, 5) is 2.26. The van der Waals surface area contributed by atoms with Crippen molar-refractivity contribution in [3.63, 3.8) is 0 Å². The maximum Gasteiger partial charge on any atom is 0.154 e. The average Bonchev–Trinajstić information content (AvgIpc) is 2.38. The average molecular weight is 220 g/mol. The van der Waals surface area contributed by atoms with Crippen molar-refractivity contribution in [2.45, 2.75) is 31.7 Å². The van der Waals surface area contributed by atoms with E-state index in [1.54, 1.807) is 0 Å². The van der Waals surface area contributed by atoms with E-state index in [-0.39, 0.29) is 0 Å². The third kappa shape index (κ3) is 4.04. The Hall–Kier alpha value is 0.0300. The maximum absolute atomic E-state index is 10.6. The molecule has 1 aliphatic rings. The molecule has 84 valence electrons. The minimum atomic E-state index is -1.67. The molecule has 1 rings (SSSR count). The molecule has 0 amide bonds. The van der Waals surface area contributed by atoms with Gasteiger partial charge in [0.05, 0.1) is 5.75 Å². The molecule has 1 fully saturated rings. The van der Waals surface area contributed by atoms with Crippen LogP contribution in [0.2, 0.25) is 0 Å². The van der Waals surface area contributed by atoms with Crippen molar-refractivity contribution in [1.29, 1.82) is 0 Å². The number of nitrogens with zero attached hydrogens (tertiary/aromatic N) is 1. The van der Waals surface area contributed by atoms with E-state index in [0.29, 0.717) is 24.9 Å². The highest BCUT2D eigenvalue weighted by Gasteiger charge is 2.19. The SMILES string of the molecule is NCC1CCCCCN1CCS(=O)O. The van der Waals surface area contributed by atoms with Crippen molar-refractivity contribution in [2.24, 2.45) is 5.73 Å². The van der Waals surface area contributed by atoms with Crippen molar-refractivity contribution >= 4 is 11.1 Å². The van der Waals surface area contributed by atoms with Crippen LogP contribution in [-0.2, 0) is 11.1 Å². The number of hydrogen-bond donors (Lipinski definition) is 2. The number of rotatable bonds is 4. The lowest BCUT2D eigenvalue weighted by Crippen LogP contribution is -2.42. The van der Waals surface area contributed by atoms with Crippen molar-refractivity contribution in [3.8, 4) is 0 Å². The molecule has 0 aromatic rings. The Bertz CT molecular complexity index is 190. The molecule has 2 atom stereocenters. The first-order valence-electron chi connectivity index (χ1n) is 5.25. The van der Waals surface area contributed by atoms with Crippen LogP contribution in [0, 0.1) is 0 Å². The molecule has 4 nitrogen and oxygen atoms in total. The van der Waals surface area contributed by atoms with Crippen LogP contribution in [0.25, 0.3) is 0 Å². The summed E-state index contributed by atoms with van der Waals surface area (Å²) in [5.74, 6) is 0.344. The zero-order valence-corrected chi connectivity index (χ0v) is 9.34. The molecule has 2 unspecified atom stereocenters. The van der Waals surface area contributed by atoms with Gasteiger partial charge in [-0.3, -0.25) is 4.90 Å². The van der Waals surface area contributed by atoms with Crippen LogP contribution in [-0.4, -0.2) is 45.1 Å². The zero-order valence-electron chi connectivity index (χ0n) is 8.52. The molecule has 5 heteroatoms. The summed E-state index contributed by atoms with van der Waals surface area (Å²) in [6.07, 6.45) is 4.82. The fourth-order valence-electron chi connectivity index (χ4n) is 1.99. The van der Waals surface area contributed by atoms with Crippen molar-refractivity contribution in [2.75, 3.05) is 25.4 Å². The fraction of sp³-hybridized carbons (Fsp3) is 1.00. The van der Waals surface area contributed by atoms with Crippen molar-refractivity contribution in [1.82, 2.24) is 4.90 Å². The van der Waals surface area contributed by atoms with Gasteiger partial charge in [0.25, 0.3) is 0 Å². The molecule has 0 aliphatic carbocycles. The first-order valence-corrected chi connectivity index (χ1v) is 6.53. The van der Waals surface area contributed by atoms with E-state index in [4.69, 9.17) is 10.3 Å². The molecular formula is C9H20N2O2S. The van der Waals surface area contributed by atoms with Crippen molar-refractivity contribution in [3.05, 3.63) is 0 Å². The number of likely N-dealkylation sites (tertiary alicyclic amines) is 1. The van der Waals surface area contributed by atoms with Crippen LogP contribution in [0.5, 0.6) is 0 Å². The quantitative estimate of drug-likeness (QED) is 0.674. The fourth-order valence-corrected chi connectivity index (χ4v) is 2.38. The molecule has 1 saturated heterocycles. The van der Waals surface area contributed by atoms with Crippen LogP contribution in [0.1, 0.15) is 25.7 Å². The van der Waals surface area contributed by atoms with Gasteiger partial charge in [0.15, 0.2) is 11.1 Å². The largest absolute Gasteiger partial charge is 0.329 e. The Kier molecular flexibility index (Phi) is 5.62. The summed E-state index contributed by atoms with van der Waals surface area (Å²) >= 11 is -1.67.